The SMILES string of the molecule is Cc1c(N=C2S/C(=C\c3ccc(Oc4ccc([N+](=O)[O-])cc4[N+](=O)[O-])cc3)C(=O)N2C)cccc1C(=O)O. The third kappa shape index (κ3) is 5.37. The van der Waals surface area contributed by atoms with Gasteiger partial charge < -0.3 is 9.84 Å². The van der Waals surface area contributed by atoms with Crippen LogP contribution in [-0.4, -0.2) is 43.9 Å². The molecule has 12 nitrogen and oxygen atoms in total. The van der Waals surface area contributed by atoms with Crippen LogP contribution in [0.4, 0.5) is 17.1 Å². The lowest BCUT2D eigenvalue weighted by atomic mass is 10.1. The average Bonchev–Trinajstić information content (AvgIpc) is 3.13. The number of nitro groups is 2. The molecule has 3 aromatic carbocycles. The minimum Gasteiger partial charge on any atom is -0.478 e. The summed E-state index contributed by atoms with van der Waals surface area (Å²) in [4.78, 5) is 51.2. The standard InChI is InChI=1S/C25H18N4O8S/c1-14-18(24(31)32)4-3-5-19(14)26-25-27(2)23(30)22(38-25)12-15-6-9-17(10-7-15)37-21-11-8-16(28(33)34)13-20(21)29(35)36/h3-13H,1-2H3,(H,31,32)/b22-12-,26-25?. The van der Waals surface area contributed by atoms with E-state index in [1.165, 1.54) is 11.0 Å². The van der Waals surface area contributed by atoms with Crippen LogP contribution in [0.15, 0.2) is 70.6 Å². The molecular weight excluding hydrogens is 516 g/mol. The Kier molecular flexibility index (Phi) is 7.21. The number of carbonyl (C=O) groups excluding carboxylic acids is 1. The first kappa shape index (κ1) is 26.0. The second-order valence-electron chi connectivity index (χ2n) is 7.96. The highest BCUT2D eigenvalue weighted by atomic mass is 32.2. The van der Waals surface area contributed by atoms with Crippen LogP contribution in [0.5, 0.6) is 11.5 Å². The Morgan fingerprint density at radius 3 is 2.42 bits per heavy atom. The summed E-state index contributed by atoms with van der Waals surface area (Å²) >= 11 is 1.13. The van der Waals surface area contributed by atoms with E-state index in [-0.39, 0.29) is 23.0 Å². The number of benzene rings is 3. The number of thioether (sulfide) groups is 1. The van der Waals surface area contributed by atoms with Gasteiger partial charge in [-0.15, -0.1) is 0 Å². The van der Waals surface area contributed by atoms with Gasteiger partial charge in [-0.3, -0.25) is 29.9 Å². The van der Waals surface area contributed by atoms with Crippen molar-refractivity contribution in [2.45, 2.75) is 6.92 Å². The lowest BCUT2D eigenvalue weighted by molar-refractivity contribution is -0.394. The Morgan fingerprint density at radius 1 is 1.08 bits per heavy atom. The van der Waals surface area contributed by atoms with Crippen molar-refractivity contribution in [3.63, 3.8) is 0 Å². The lowest BCUT2D eigenvalue weighted by Crippen LogP contribution is -2.23. The normalized spacial score (nSPS) is 15.2. The molecule has 0 atom stereocenters. The van der Waals surface area contributed by atoms with Crippen molar-refractivity contribution in [1.29, 1.82) is 0 Å². The Labute approximate surface area is 219 Å². The summed E-state index contributed by atoms with van der Waals surface area (Å²) < 4.78 is 5.56. The number of likely N-dealkylation sites (N-methyl/N-ethyl adjacent to an activating group) is 1. The van der Waals surface area contributed by atoms with Crippen LogP contribution < -0.4 is 4.74 Å². The van der Waals surface area contributed by atoms with Gasteiger partial charge in [0.2, 0.25) is 5.75 Å². The molecule has 1 aliphatic heterocycles. The summed E-state index contributed by atoms with van der Waals surface area (Å²) in [6.07, 6.45) is 1.64. The van der Waals surface area contributed by atoms with E-state index in [1.807, 2.05) is 0 Å². The number of amidine groups is 1. The van der Waals surface area contributed by atoms with Crippen LogP contribution in [0.25, 0.3) is 6.08 Å². The molecule has 1 amide bonds. The Hall–Kier alpha value is -5.04. The van der Waals surface area contributed by atoms with Crippen molar-refractivity contribution < 1.29 is 29.3 Å². The van der Waals surface area contributed by atoms with Gasteiger partial charge in [0.1, 0.15) is 5.75 Å². The number of amides is 1. The third-order valence-corrected chi connectivity index (χ3v) is 6.57. The number of rotatable bonds is 7. The van der Waals surface area contributed by atoms with E-state index in [1.54, 1.807) is 56.4 Å². The molecule has 0 aromatic heterocycles. The number of carboxylic acid groups (broad SMARTS) is 1. The highest BCUT2D eigenvalue weighted by Gasteiger charge is 2.30. The first-order valence-corrected chi connectivity index (χ1v) is 11.7. The van der Waals surface area contributed by atoms with E-state index in [0.29, 0.717) is 26.9 Å². The maximum atomic E-state index is 12.8. The summed E-state index contributed by atoms with van der Waals surface area (Å²) in [5, 5.41) is 31.9. The number of hydrogen-bond donors (Lipinski definition) is 1. The number of non-ortho nitro benzene ring substituents is 1. The number of carbonyl (C=O) groups is 2. The molecule has 0 unspecified atom stereocenters. The molecule has 1 saturated heterocycles. The summed E-state index contributed by atoms with van der Waals surface area (Å²) in [6, 6.07) is 14.2. The average molecular weight is 535 g/mol. The summed E-state index contributed by atoms with van der Waals surface area (Å²) in [7, 11) is 1.57. The van der Waals surface area contributed by atoms with Crippen LogP contribution in [0.2, 0.25) is 0 Å². The quantitative estimate of drug-likeness (QED) is 0.233. The summed E-state index contributed by atoms with van der Waals surface area (Å²) in [5.41, 5.74) is 0.719. The molecule has 3 aromatic rings. The fourth-order valence-electron chi connectivity index (χ4n) is 3.49. The number of nitro benzene ring substituents is 2. The highest BCUT2D eigenvalue weighted by Crippen LogP contribution is 2.36. The number of nitrogens with zero attached hydrogens (tertiary/aromatic N) is 4. The highest BCUT2D eigenvalue weighted by molar-refractivity contribution is 8.18. The van der Waals surface area contributed by atoms with Gasteiger partial charge in [-0.05, 0) is 66.2 Å². The maximum absolute atomic E-state index is 12.8. The van der Waals surface area contributed by atoms with Crippen molar-refractivity contribution in [2.75, 3.05) is 7.05 Å². The molecule has 0 bridgehead atoms. The predicted octanol–water partition coefficient (Wildman–Crippen LogP) is 5.54. The predicted molar refractivity (Wildman–Crippen MR) is 140 cm³/mol. The van der Waals surface area contributed by atoms with Crippen LogP contribution in [0.1, 0.15) is 21.5 Å². The van der Waals surface area contributed by atoms with Gasteiger partial charge in [-0.25, -0.2) is 9.79 Å². The minimum absolute atomic E-state index is 0.126. The van der Waals surface area contributed by atoms with Gasteiger partial charge in [0, 0.05) is 13.1 Å². The van der Waals surface area contributed by atoms with E-state index >= 15 is 0 Å². The molecule has 0 saturated carbocycles. The monoisotopic (exact) mass is 534 g/mol. The zero-order chi connectivity index (χ0) is 27.6. The Morgan fingerprint density at radius 2 is 1.79 bits per heavy atom. The molecule has 192 valence electrons. The molecular formula is C25H18N4O8S. The van der Waals surface area contributed by atoms with Gasteiger partial charge in [0.25, 0.3) is 11.6 Å². The van der Waals surface area contributed by atoms with Gasteiger partial charge >= 0.3 is 11.7 Å². The van der Waals surface area contributed by atoms with E-state index in [2.05, 4.69) is 4.99 Å². The van der Waals surface area contributed by atoms with Crippen molar-refractivity contribution in [1.82, 2.24) is 4.90 Å². The topological polar surface area (TPSA) is 165 Å². The smallest absolute Gasteiger partial charge is 0.336 e. The molecule has 1 heterocycles. The fourth-order valence-corrected chi connectivity index (χ4v) is 4.47. The van der Waals surface area contributed by atoms with Crippen molar-refractivity contribution in [3.05, 3.63) is 102 Å². The fraction of sp³-hybridized carbons (Fsp3) is 0.0800. The largest absolute Gasteiger partial charge is 0.478 e. The molecule has 38 heavy (non-hydrogen) atoms. The molecule has 4 rings (SSSR count). The van der Waals surface area contributed by atoms with Crippen LogP contribution >= 0.6 is 11.8 Å². The van der Waals surface area contributed by atoms with Gasteiger partial charge in [0.15, 0.2) is 5.17 Å². The number of aliphatic imine (C=N–C) groups is 1. The first-order valence-electron chi connectivity index (χ1n) is 10.8. The van der Waals surface area contributed by atoms with E-state index in [4.69, 9.17) is 4.74 Å². The molecule has 1 fully saturated rings. The summed E-state index contributed by atoms with van der Waals surface area (Å²) in [6.45, 7) is 1.65. The molecule has 0 aliphatic carbocycles. The number of aromatic carboxylic acids is 1. The van der Waals surface area contributed by atoms with E-state index < -0.39 is 27.2 Å². The molecule has 1 aliphatic rings. The minimum atomic E-state index is -1.07. The Bertz CT molecular complexity index is 1550. The van der Waals surface area contributed by atoms with Gasteiger partial charge in [-0.1, -0.05) is 18.2 Å². The second kappa shape index (κ2) is 10.5. The zero-order valence-corrected chi connectivity index (χ0v) is 20.7. The van der Waals surface area contributed by atoms with E-state index in [0.717, 1.165) is 30.0 Å². The Balaban J connectivity index is 1.55. The van der Waals surface area contributed by atoms with Crippen LogP contribution in [0, 0.1) is 27.2 Å². The molecule has 0 radical (unpaired) electrons. The third-order valence-electron chi connectivity index (χ3n) is 5.51. The van der Waals surface area contributed by atoms with E-state index in [9.17, 15) is 34.9 Å². The first-order chi connectivity index (χ1) is 18.0. The second-order valence-corrected chi connectivity index (χ2v) is 8.97. The van der Waals surface area contributed by atoms with Crippen LogP contribution in [0.3, 0.4) is 0 Å². The van der Waals surface area contributed by atoms with Gasteiger partial charge in [-0.2, -0.15) is 0 Å². The van der Waals surface area contributed by atoms with Crippen molar-refractivity contribution in [3.8, 4) is 11.5 Å². The zero-order valence-electron chi connectivity index (χ0n) is 19.9. The number of carboxylic acids is 1. The van der Waals surface area contributed by atoms with Crippen molar-refractivity contribution >= 4 is 51.9 Å². The lowest BCUT2D eigenvalue weighted by Gasteiger charge is -2.09. The maximum Gasteiger partial charge on any atom is 0.336 e. The molecule has 13 heteroatoms. The summed E-state index contributed by atoms with van der Waals surface area (Å²) in [5.74, 6) is -1.26. The molecule has 1 N–H and O–H groups in total. The van der Waals surface area contributed by atoms with Crippen molar-refractivity contribution in [2.24, 2.45) is 4.99 Å². The van der Waals surface area contributed by atoms with Crippen LogP contribution in [-0.2, 0) is 4.79 Å². The number of hydrogen-bond acceptors (Lipinski definition) is 9. The van der Waals surface area contributed by atoms with Gasteiger partial charge in [0.05, 0.1) is 32.1 Å². The number of ether oxygens (including phenoxy) is 1. The molecule has 0 spiro atoms.